The number of aryl methyl sites for hydroxylation is 1. The Morgan fingerprint density at radius 2 is 1.42 bits per heavy atom. The van der Waals surface area contributed by atoms with Gasteiger partial charge in [-0.3, -0.25) is 9.78 Å². The minimum absolute atomic E-state index is 0.229. The molecule has 0 aliphatic carbocycles. The largest absolute Gasteiger partial charge is 0.316 e. The van der Waals surface area contributed by atoms with Crippen LogP contribution in [-0.4, -0.2) is 40.3 Å². The lowest BCUT2D eigenvalue weighted by molar-refractivity contribution is -0.124. The zero-order valence-electron chi connectivity index (χ0n) is 25.4. The number of hydrogen-bond donors (Lipinski definition) is 1. The van der Waals surface area contributed by atoms with E-state index in [1.807, 2.05) is 24.1 Å². The van der Waals surface area contributed by atoms with E-state index in [1.165, 1.54) is 0 Å². The average molecular weight is 590 g/mol. The summed E-state index contributed by atoms with van der Waals surface area (Å²) in [6.07, 6.45) is 3.63. The Bertz CT molecular complexity index is 1900. The third-order valence-electron chi connectivity index (χ3n) is 9.79. The van der Waals surface area contributed by atoms with Crippen LogP contribution in [0.25, 0.3) is 22.2 Å². The van der Waals surface area contributed by atoms with Gasteiger partial charge in [0.1, 0.15) is 11.2 Å². The lowest BCUT2D eigenvalue weighted by atomic mass is 9.77. The Labute approximate surface area is 263 Å². The first-order valence-electron chi connectivity index (χ1n) is 15.8. The number of carbonyl (C=O) groups is 1. The van der Waals surface area contributed by atoms with E-state index in [1.54, 1.807) is 0 Å². The highest BCUT2D eigenvalue weighted by molar-refractivity contribution is 6.03. The van der Waals surface area contributed by atoms with Gasteiger partial charge in [-0.05, 0) is 73.3 Å². The highest BCUT2D eigenvalue weighted by atomic mass is 16.2. The van der Waals surface area contributed by atoms with Crippen LogP contribution < -0.4 is 10.2 Å². The van der Waals surface area contributed by atoms with Crippen LogP contribution >= 0.6 is 0 Å². The van der Waals surface area contributed by atoms with Gasteiger partial charge in [0, 0.05) is 41.6 Å². The molecule has 6 heteroatoms. The Balaban J connectivity index is 1.43. The summed E-state index contributed by atoms with van der Waals surface area (Å²) < 4.78 is 2.20. The van der Waals surface area contributed by atoms with Crippen LogP contribution in [0.2, 0.25) is 0 Å². The molecule has 1 amide bonds. The molecule has 1 atom stereocenters. The van der Waals surface area contributed by atoms with Crippen molar-refractivity contribution in [2.24, 2.45) is 5.41 Å². The lowest BCUT2D eigenvalue weighted by Crippen LogP contribution is -2.38. The summed E-state index contributed by atoms with van der Waals surface area (Å²) >= 11 is 0. The summed E-state index contributed by atoms with van der Waals surface area (Å²) in [6.45, 7) is 4.40. The number of hydrogen-bond acceptors (Lipinski definition) is 4. The van der Waals surface area contributed by atoms with Gasteiger partial charge < -0.3 is 10.2 Å². The highest BCUT2D eigenvalue weighted by Gasteiger charge is 2.49. The second-order valence-electron chi connectivity index (χ2n) is 12.4. The fraction of sp³-hybridized carbons (Fsp3) is 0.205. The molecule has 0 saturated carbocycles. The molecule has 4 heterocycles. The molecule has 2 fully saturated rings. The first-order chi connectivity index (χ1) is 22.1. The number of carbonyl (C=O) groups excluding carboxylic acids is 1. The summed E-state index contributed by atoms with van der Waals surface area (Å²) in [5.74, 6) is 0.229. The summed E-state index contributed by atoms with van der Waals surface area (Å²) in [7, 11) is 0. The van der Waals surface area contributed by atoms with Gasteiger partial charge in [0.2, 0.25) is 5.91 Å². The van der Waals surface area contributed by atoms with Crippen LogP contribution in [0.1, 0.15) is 35.2 Å². The van der Waals surface area contributed by atoms with Crippen molar-refractivity contribution >= 4 is 22.5 Å². The maximum atomic E-state index is 13.8. The number of nitrogens with zero attached hydrogens (tertiary/aromatic N) is 4. The first kappa shape index (κ1) is 27.5. The second-order valence-corrected chi connectivity index (χ2v) is 12.4. The fourth-order valence-corrected chi connectivity index (χ4v) is 7.55. The number of fused-ring (bicyclic) bond motifs is 1. The Kier molecular flexibility index (Phi) is 6.61. The highest BCUT2D eigenvalue weighted by Crippen LogP contribution is 2.45. The van der Waals surface area contributed by atoms with Crippen LogP contribution in [0.4, 0.5) is 5.69 Å². The summed E-state index contributed by atoms with van der Waals surface area (Å²) in [5.41, 5.74) is 6.98. The van der Waals surface area contributed by atoms with Crippen molar-refractivity contribution in [3.63, 3.8) is 0 Å². The van der Waals surface area contributed by atoms with Crippen molar-refractivity contribution in [2.45, 2.75) is 25.3 Å². The third-order valence-corrected chi connectivity index (χ3v) is 9.79. The van der Waals surface area contributed by atoms with Crippen molar-refractivity contribution in [3.8, 4) is 11.3 Å². The number of benzene rings is 4. The van der Waals surface area contributed by atoms with E-state index in [-0.39, 0.29) is 11.3 Å². The molecular weight excluding hydrogens is 554 g/mol. The van der Waals surface area contributed by atoms with Crippen molar-refractivity contribution < 1.29 is 4.79 Å². The van der Waals surface area contributed by atoms with Gasteiger partial charge in [0.25, 0.3) is 0 Å². The minimum Gasteiger partial charge on any atom is -0.316 e. The quantitative estimate of drug-likeness (QED) is 0.213. The van der Waals surface area contributed by atoms with Crippen LogP contribution in [0, 0.1) is 12.3 Å². The van der Waals surface area contributed by atoms with E-state index in [9.17, 15) is 4.79 Å². The van der Waals surface area contributed by atoms with E-state index in [0.29, 0.717) is 0 Å². The molecule has 0 bridgehead atoms. The van der Waals surface area contributed by atoms with Gasteiger partial charge in [0.15, 0.2) is 0 Å². The van der Waals surface area contributed by atoms with Gasteiger partial charge in [0.05, 0.1) is 10.9 Å². The molecule has 0 radical (unpaired) electrons. The van der Waals surface area contributed by atoms with Gasteiger partial charge in [-0.1, -0.05) is 91.0 Å². The number of anilines is 1. The molecule has 2 aromatic heterocycles. The smallest absolute Gasteiger partial charge is 0.234 e. The zero-order valence-corrected chi connectivity index (χ0v) is 25.4. The SMILES string of the molecule is Cc1cc(-c2nn(C(c3ccccc3)(c3ccccc3)c3ccccc3)c3ccc(N4CC[C@@]5(CCNC5)C4=O)cc23)ccn1. The lowest BCUT2D eigenvalue weighted by Gasteiger charge is -2.37. The number of rotatable bonds is 6. The second kappa shape index (κ2) is 10.8. The minimum atomic E-state index is -0.771. The molecule has 0 unspecified atom stereocenters. The monoisotopic (exact) mass is 589 g/mol. The van der Waals surface area contributed by atoms with Gasteiger partial charge in [-0.15, -0.1) is 0 Å². The number of amides is 1. The van der Waals surface area contributed by atoms with Crippen LogP contribution in [0.3, 0.4) is 0 Å². The predicted octanol–water partition coefficient (Wildman–Crippen LogP) is 6.96. The molecular formula is C39H35N5O. The van der Waals surface area contributed by atoms with E-state index in [4.69, 9.17) is 5.10 Å². The molecule has 45 heavy (non-hydrogen) atoms. The standard InChI is InChI=1S/C39H35N5O/c1-28-25-29(19-22-41-28)36-34-26-33(43-24-21-38(37(43)45)20-23-40-27-38)17-18-35(34)44(42-36)39(30-11-5-2-6-12-30,31-13-7-3-8-14-31)32-15-9-4-10-16-32/h2-19,22,25-26,40H,20-21,23-24,27H2,1H3/t38-/m1/s1. The molecule has 1 spiro atoms. The van der Waals surface area contributed by atoms with E-state index in [2.05, 4.69) is 130 Å². The van der Waals surface area contributed by atoms with Crippen molar-refractivity contribution in [1.29, 1.82) is 0 Å². The van der Waals surface area contributed by atoms with E-state index >= 15 is 0 Å². The summed E-state index contributed by atoms with van der Waals surface area (Å²) in [6, 6.07) is 42.5. The molecule has 222 valence electrons. The predicted molar refractivity (Wildman–Crippen MR) is 179 cm³/mol. The Hall–Kier alpha value is -5.07. The fourth-order valence-electron chi connectivity index (χ4n) is 7.55. The van der Waals surface area contributed by atoms with Crippen LogP contribution in [0.5, 0.6) is 0 Å². The van der Waals surface area contributed by atoms with Gasteiger partial charge in [-0.2, -0.15) is 5.10 Å². The number of pyridine rings is 1. The van der Waals surface area contributed by atoms with Crippen LogP contribution in [0.15, 0.2) is 128 Å². The van der Waals surface area contributed by atoms with E-state index < -0.39 is 5.54 Å². The van der Waals surface area contributed by atoms with Crippen molar-refractivity contribution in [1.82, 2.24) is 20.1 Å². The molecule has 2 aliphatic heterocycles. The molecule has 6 nitrogen and oxygen atoms in total. The van der Waals surface area contributed by atoms with Crippen molar-refractivity contribution in [2.75, 3.05) is 24.5 Å². The molecule has 8 rings (SSSR count). The van der Waals surface area contributed by atoms with Crippen LogP contribution in [-0.2, 0) is 10.3 Å². The molecule has 2 saturated heterocycles. The maximum absolute atomic E-state index is 13.8. The average Bonchev–Trinajstić information content (AvgIpc) is 3.81. The zero-order chi connectivity index (χ0) is 30.4. The Morgan fingerprint density at radius 3 is 2.00 bits per heavy atom. The van der Waals surface area contributed by atoms with Gasteiger partial charge in [-0.25, -0.2) is 4.68 Å². The topological polar surface area (TPSA) is 63.1 Å². The third kappa shape index (κ3) is 4.31. The first-order valence-corrected chi connectivity index (χ1v) is 15.8. The normalized spacial score (nSPS) is 18.3. The summed E-state index contributed by atoms with van der Waals surface area (Å²) in [4.78, 5) is 20.3. The molecule has 4 aromatic carbocycles. The van der Waals surface area contributed by atoms with E-state index in [0.717, 1.165) is 82.7 Å². The molecule has 6 aromatic rings. The maximum Gasteiger partial charge on any atom is 0.234 e. The van der Waals surface area contributed by atoms with Crippen molar-refractivity contribution in [3.05, 3.63) is 150 Å². The molecule has 2 aliphatic rings. The number of aromatic nitrogens is 3. The van der Waals surface area contributed by atoms with Gasteiger partial charge >= 0.3 is 0 Å². The Morgan fingerprint density at radius 1 is 0.778 bits per heavy atom. The summed E-state index contributed by atoms with van der Waals surface area (Å²) in [5, 5.41) is 9.96. The molecule has 1 N–H and O–H groups in total. The number of nitrogens with one attached hydrogen (secondary N) is 1.